The lowest BCUT2D eigenvalue weighted by Gasteiger charge is -2.18. The van der Waals surface area contributed by atoms with Crippen LogP contribution in [0.3, 0.4) is 0 Å². The Kier molecular flexibility index (Phi) is 4.24. The van der Waals surface area contributed by atoms with Crippen molar-refractivity contribution < 1.29 is 9.53 Å². The van der Waals surface area contributed by atoms with E-state index in [1.54, 1.807) is 4.90 Å². The normalized spacial score (nSPS) is 9.94. The van der Waals surface area contributed by atoms with E-state index in [1.165, 1.54) is 7.11 Å². The first-order valence-corrected chi connectivity index (χ1v) is 4.93. The topological polar surface area (TPSA) is 94.2 Å². The van der Waals surface area contributed by atoms with Crippen LogP contribution in [0.4, 0.5) is 5.95 Å². The van der Waals surface area contributed by atoms with Gasteiger partial charge in [0.25, 0.3) is 0 Å². The molecule has 0 unspecified atom stereocenters. The van der Waals surface area contributed by atoms with Gasteiger partial charge in [-0.05, 0) is 18.5 Å². The van der Waals surface area contributed by atoms with Crippen LogP contribution in [0, 0.1) is 0 Å². The van der Waals surface area contributed by atoms with Crippen LogP contribution in [0.1, 0.15) is 6.92 Å². The lowest BCUT2D eigenvalue weighted by Crippen LogP contribution is -2.34. The third-order valence-electron chi connectivity index (χ3n) is 1.77. The molecule has 1 rings (SSSR count). The fraction of sp³-hybridized carbons (Fsp3) is 0.500. The van der Waals surface area contributed by atoms with Gasteiger partial charge in [0, 0.05) is 6.54 Å². The average Bonchev–Trinajstić information content (AvgIpc) is 2.24. The van der Waals surface area contributed by atoms with Gasteiger partial charge in [0.15, 0.2) is 0 Å². The van der Waals surface area contributed by atoms with Crippen LogP contribution >= 0.6 is 11.6 Å². The van der Waals surface area contributed by atoms with Crippen LogP contribution in [-0.4, -0.2) is 41.1 Å². The molecule has 1 heterocycles. The summed E-state index contributed by atoms with van der Waals surface area (Å²) in [5.74, 6) is -0.212. The minimum atomic E-state index is -0.475. The van der Waals surface area contributed by atoms with E-state index in [0.717, 1.165) is 0 Å². The van der Waals surface area contributed by atoms with E-state index in [1.807, 2.05) is 6.92 Å². The van der Waals surface area contributed by atoms with Gasteiger partial charge in [0.05, 0.1) is 13.7 Å². The number of amides is 1. The maximum Gasteiger partial charge on any atom is 0.322 e. The summed E-state index contributed by atoms with van der Waals surface area (Å²) >= 11 is 5.68. The highest BCUT2D eigenvalue weighted by molar-refractivity contribution is 6.28. The van der Waals surface area contributed by atoms with Gasteiger partial charge < -0.3 is 15.4 Å². The molecule has 0 saturated carbocycles. The predicted octanol–water partition coefficient (Wildman–Crippen LogP) is -0.155. The highest BCUT2D eigenvalue weighted by Gasteiger charge is 2.13. The molecule has 7 nitrogen and oxygen atoms in total. The first-order valence-electron chi connectivity index (χ1n) is 4.55. The van der Waals surface area contributed by atoms with Gasteiger partial charge in [0.1, 0.15) is 0 Å². The Hall–Kier alpha value is -1.63. The fourth-order valence-corrected chi connectivity index (χ4v) is 1.21. The number of likely N-dealkylation sites (N-methyl/N-ethyl adjacent to an activating group) is 1. The number of anilines is 1. The van der Waals surface area contributed by atoms with Crippen molar-refractivity contribution in [2.24, 2.45) is 5.73 Å². The molecule has 0 aliphatic rings. The third-order valence-corrected chi connectivity index (χ3v) is 1.94. The number of halogens is 1. The second-order valence-electron chi connectivity index (χ2n) is 2.87. The molecule has 8 heteroatoms. The zero-order valence-corrected chi connectivity index (χ0v) is 9.73. The van der Waals surface area contributed by atoms with Crippen LogP contribution < -0.4 is 15.4 Å². The second-order valence-corrected chi connectivity index (χ2v) is 3.21. The van der Waals surface area contributed by atoms with E-state index in [2.05, 4.69) is 15.0 Å². The molecule has 0 bridgehead atoms. The van der Waals surface area contributed by atoms with Gasteiger partial charge in [-0.3, -0.25) is 4.79 Å². The molecule has 0 atom stereocenters. The van der Waals surface area contributed by atoms with Gasteiger partial charge in [-0.1, -0.05) is 0 Å². The zero-order chi connectivity index (χ0) is 12.1. The molecule has 2 N–H and O–H groups in total. The maximum atomic E-state index is 10.8. The number of rotatable bonds is 5. The molecule has 0 aliphatic carbocycles. The van der Waals surface area contributed by atoms with Gasteiger partial charge >= 0.3 is 6.01 Å². The fourth-order valence-electron chi connectivity index (χ4n) is 1.07. The molecule has 0 aromatic carbocycles. The number of methoxy groups -OCH3 is 1. The molecule has 16 heavy (non-hydrogen) atoms. The van der Waals surface area contributed by atoms with E-state index in [9.17, 15) is 4.79 Å². The van der Waals surface area contributed by atoms with Crippen LogP contribution in [-0.2, 0) is 4.79 Å². The third kappa shape index (κ3) is 3.20. The van der Waals surface area contributed by atoms with Crippen LogP contribution in [0.2, 0.25) is 5.28 Å². The van der Waals surface area contributed by atoms with E-state index >= 15 is 0 Å². The number of primary amides is 1. The smallest absolute Gasteiger partial charge is 0.322 e. The van der Waals surface area contributed by atoms with E-state index in [-0.39, 0.29) is 23.8 Å². The molecule has 0 spiro atoms. The number of nitrogens with zero attached hydrogens (tertiary/aromatic N) is 4. The summed E-state index contributed by atoms with van der Waals surface area (Å²) in [6.45, 7) is 2.37. The van der Waals surface area contributed by atoms with Crippen LogP contribution in [0.25, 0.3) is 0 Å². The zero-order valence-electron chi connectivity index (χ0n) is 8.97. The Morgan fingerprint density at radius 1 is 1.50 bits per heavy atom. The second kappa shape index (κ2) is 5.45. The largest absolute Gasteiger partial charge is 0.467 e. The Morgan fingerprint density at radius 3 is 2.69 bits per heavy atom. The van der Waals surface area contributed by atoms with Crippen molar-refractivity contribution in [1.82, 2.24) is 15.0 Å². The maximum absolute atomic E-state index is 10.8. The van der Waals surface area contributed by atoms with Gasteiger partial charge in [-0.2, -0.15) is 15.0 Å². The number of nitrogens with two attached hydrogens (primary N) is 1. The monoisotopic (exact) mass is 245 g/mol. The number of carbonyl (C=O) groups excluding carboxylic acids is 1. The van der Waals surface area contributed by atoms with Crippen molar-refractivity contribution in [2.75, 3.05) is 25.1 Å². The Morgan fingerprint density at radius 2 is 2.19 bits per heavy atom. The molecule has 0 fully saturated rings. The Bertz CT molecular complexity index is 387. The first kappa shape index (κ1) is 12.4. The molecule has 0 radical (unpaired) electrons. The SMILES string of the molecule is CCN(CC(N)=O)c1nc(Cl)nc(OC)n1. The highest BCUT2D eigenvalue weighted by atomic mass is 35.5. The molecular weight excluding hydrogens is 234 g/mol. The number of hydrogen-bond acceptors (Lipinski definition) is 6. The van der Waals surface area contributed by atoms with Crippen molar-refractivity contribution in [3.05, 3.63) is 5.28 Å². The van der Waals surface area contributed by atoms with Crippen LogP contribution in [0.15, 0.2) is 0 Å². The number of ether oxygens (including phenoxy) is 1. The lowest BCUT2D eigenvalue weighted by atomic mass is 10.5. The molecule has 0 aliphatic heterocycles. The van der Waals surface area contributed by atoms with E-state index < -0.39 is 5.91 Å². The summed E-state index contributed by atoms with van der Waals surface area (Å²) in [5.41, 5.74) is 5.10. The van der Waals surface area contributed by atoms with Crippen LogP contribution in [0.5, 0.6) is 6.01 Å². The van der Waals surface area contributed by atoms with Crippen molar-refractivity contribution in [1.29, 1.82) is 0 Å². The van der Waals surface area contributed by atoms with E-state index in [4.69, 9.17) is 22.1 Å². The summed E-state index contributed by atoms with van der Waals surface area (Å²) in [6.07, 6.45) is 0. The minimum absolute atomic E-state index is 0.00442. The van der Waals surface area contributed by atoms with Crippen molar-refractivity contribution >= 4 is 23.5 Å². The molecule has 88 valence electrons. The Balaban J connectivity index is 2.99. The standard InChI is InChI=1S/C8H12ClN5O2/c1-3-14(4-5(10)15)7-11-6(9)12-8(13-7)16-2/h3-4H2,1-2H3,(H2,10,15). The first-order chi connectivity index (χ1) is 7.56. The molecule has 1 aromatic heterocycles. The number of carbonyl (C=O) groups is 1. The predicted molar refractivity (Wildman–Crippen MR) is 58.5 cm³/mol. The summed E-state index contributed by atoms with van der Waals surface area (Å²) in [7, 11) is 1.42. The number of aromatic nitrogens is 3. The lowest BCUT2D eigenvalue weighted by molar-refractivity contribution is -0.116. The molecule has 1 amide bonds. The molecule has 0 saturated heterocycles. The van der Waals surface area contributed by atoms with Crippen molar-refractivity contribution in [3.63, 3.8) is 0 Å². The summed E-state index contributed by atoms with van der Waals surface area (Å²) in [4.78, 5) is 24.0. The average molecular weight is 246 g/mol. The molecular formula is C8H12ClN5O2. The summed E-state index contributed by atoms with van der Waals surface area (Å²) < 4.78 is 4.85. The summed E-state index contributed by atoms with van der Waals surface area (Å²) in [6, 6.07) is 0.0953. The van der Waals surface area contributed by atoms with E-state index in [0.29, 0.717) is 6.54 Å². The number of hydrogen-bond donors (Lipinski definition) is 1. The Labute approximate surface area is 97.6 Å². The quantitative estimate of drug-likeness (QED) is 0.775. The van der Waals surface area contributed by atoms with Gasteiger partial charge in [-0.25, -0.2) is 0 Å². The van der Waals surface area contributed by atoms with Gasteiger partial charge in [0.2, 0.25) is 17.1 Å². The van der Waals surface area contributed by atoms with Crippen molar-refractivity contribution in [3.8, 4) is 6.01 Å². The minimum Gasteiger partial charge on any atom is -0.467 e. The molecule has 1 aromatic rings. The van der Waals surface area contributed by atoms with Gasteiger partial charge in [-0.15, -0.1) is 0 Å². The highest BCUT2D eigenvalue weighted by Crippen LogP contribution is 2.14. The van der Waals surface area contributed by atoms with Crippen molar-refractivity contribution in [2.45, 2.75) is 6.92 Å². The summed E-state index contributed by atoms with van der Waals surface area (Å²) in [5, 5.41) is 0.00442.